The van der Waals surface area contributed by atoms with Crippen LogP contribution >= 0.6 is 0 Å². The monoisotopic (exact) mass is 752 g/mol. The molecule has 2 saturated heterocycles. The number of nitrogens with one attached hydrogen (secondary N) is 1. The van der Waals surface area contributed by atoms with Crippen LogP contribution in [0.4, 0.5) is 5.69 Å². The Bertz CT molecular complexity index is 2120. The first-order valence-corrected chi connectivity index (χ1v) is 20.2. The lowest BCUT2D eigenvalue weighted by molar-refractivity contribution is -0.200. The van der Waals surface area contributed by atoms with E-state index in [1.165, 1.54) is 14.0 Å². The molecule has 294 valence electrons. The van der Waals surface area contributed by atoms with Crippen LogP contribution in [0.15, 0.2) is 48.6 Å². The third kappa shape index (κ3) is 4.56. The number of likely N-dealkylation sites (N-methyl/N-ethyl adjacent to an activating group) is 1. The summed E-state index contributed by atoms with van der Waals surface area (Å²) in [5.41, 5.74) is -0.843. The molecule has 1 aromatic heterocycles. The molecule has 0 amide bonds. The Balaban J connectivity index is 1.36. The van der Waals surface area contributed by atoms with Gasteiger partial charge in [-0.3, -0.25) is 19.4 Å². The number of aliphatic hydroxyl groups is 3. The number of ether oxygens (including phenoxy) is 2. The molecule has 2 aromatic carbocycles. The molecule has 1 spiro atoms. The molecule has 5 aliphatic heterocycles. The number of H-pyrrole nitrogens is 1. The first-order chi connectivity index (χ1) is 26.3. The van der Waals surface area contributed by atoms with Crippen molar-refractivity contribution < 1.29 is 34.4 Å². The minimum absolute atomic E-state index is 0.0625. The summed E-state index contributed by atoms with van der Waals surface area (Å²) in [6.07, 6.45) is 6.17. The van der Waals surface area contributed by atoms with Crippen molar-refractivity contribution in [2.45, 2.75) is 99.5 Å². The number of benzene rings is 2. The minimum Gasteiger partial charge on any atom is -0.496 e. The van der Waals surface area contributed by atoms with Crippen LogP contribution < -0.4 is 9.64 Å². The number of esters is 1. The lowest BCUT2D eigenvalue weighted by Crippen LogP contribution is -2.80. The Morgan fingerprint density at radius 3 is 2.51 bits per heavy atom. The van der Waals surface area contributed by atoms with Crippen molar-refractivity contribution in [3.05, 3.63) is 70.9 Å². The molecule has 0 radical (unpaired) electrons. The van der Waals surface area contributed by atoms with E-state index >= 15 is 4.79 Å². The Kier molecular flexibility index (Phi) is 8.30. The molecule has 55 heavy (non-hydrogen) atoms. The molecule has 11 heteroatoms. The second-order valence-corrected chi connectivity index (χ2v) is 17.7. The van der Waals surface area contributed by atoms with E-state index in [1.807, 2.05) is 44.0 Å². The molecular weight excluding hydrogens is 697 g/mol. The van der Waals surface area contributed by atoms with Gasteiger partial charge in [-0.25, -0.2) is 0 Å². The number of hydrogen-bond acceptors (Lipinski definition) is 10. The summed E-state index contributed by atoms with van der Waals surface area (Å²) in [6.45, 7) is 8.95. The summed E-state index contributed by atoms with van der Waals surface area (Å²) < 4.78 is 12.3. The minimum atomic E-state index is -2.08. The van der Waals surface area contributed by atoms with Gasteiger partial charge in [-0.05, 0) is 81.2 Å². The highest BCUT2D eigenvalue weighted by Gasteiger charge is 2.78. The van der Waals surface area contributed by atoms with Gasteiger partial charge in [0.1, 0.15) is 17.3 Å². The van der Waals surface area contributed by atoms with Crippen LogP contribution in [-0.2, 0) is 31.6 Å². The molecule has 10 atom stereocenters. The number of para-hydroxylation sites is 1. The van der Waals surface area contributed by atoms with Gasteiger partial charge in [0.25, 0.3) is 0 Å². The number of Topliss-reactive ketones (excluding diaryl/α,β-unsaturated/α-hetero) is 1. The van der Waals surface area contributed by atoms with E-state index in [1.54, 1.807) is 7.11 Å². The van der Waals surface area contributed by atoms with Crippen molar-refractivity contribution in [3.8, 4) is 5.75 Å². The van der Waals surface area contributed by atoms with Gasteiger partial charge in [-0.15, -0.1) is 0 Å². The van der Waals surface area contributed by atoms with Gasteiger partial charge in [-0.1, -0.05) is 44.2 Å². The van der Waals surface area contributed by atoms with Crippen LogP contribution in [0.1, 0.15) is 75.3 Å². The summed E-state index contributed by atoms with van der Waals surface area (Å²) in [5.74, 6) is -0.433. The smallest absolute Gasteiger partial charge is 0.322 e. The maximum absolute atomic E-state index is 15.2. The standard InChI is InChI=1S/C44H56N4O7/c1-7-40(52)22-27-23-43(39(51)55-6,35-29(14-18-47(24-27)25-40)28-12-9-10-13-32(28)45-35)31-20-30-33(21-34(31)54-5)46(4)37-42(30)16-19-48-17-11-15-41(8-2,36(42)48)38(50)44(37,53)26(3)49/h9-13,15,20-21,27,36-38,45,50,52-53H,7-8,14,16-19,22-25H2,1-6H3/t27?,36?,37?,38-,40+,41-,42?,43-,44+/m1/s1. The van der Waals surface area contributed by atoms with Gasteiger partial charge in [0.2, 0.25) is 0 Å². The van der Waals surface area contributed by atoms with E-state index in [0.717, 1.165) is 53.0 Å². The van der Waals surface area contributed by atoms with Crippen molar-refractivity contribution in [1.29, 1.82) is 0 Å². The summed E-state index contributed by atoms with van der Waals surface area (Å²) in [6, 6.07) is 11.3. The maximum Gasteiger partial charge on any atom is 0.322 e. The van der Waals surface area contributed by atoms with Gasteiger partial charge >= 0.3 is 5.97 Å². The van der Waals surface area contributed by atoms with Crippen molar-refractivity contribution in [2.75, 3.05) is 58.9 Å². The summed E-state index contributed by atoms with van der Waals surface area (Å²) in [4.78, 5) is 39.7. The Morgan fingerprint density at radius 2 is 1.80 bits per heavy atom. The lowest BCUT2D eigenvalue weighted by atomic mass is 9.47. The number of hydrogen-bond donors (Lipinski definition) is 4. The zero-order valence-corrected chi connectivity index (χ0v) is 33.0. The van der Waals surface area contributed by atoms with E-state index in [2.05, 4.69) is 45.1 Å². The maximum atomic E-state index is 15.2. The number of methoxy groups -OCH3 is 2. The Labute approximate surface area is 323 Å². The van der Waals surface area contributed by atoms with E-state index in [4.69, 9.17) is 9.47 Å². The SMILES string of the molecule is CC[C@]1(O)CC2CN(CCc3c([nH]c4ccccc34)[C@](C(=O)OC)(c3cc4c(cc3OC)N(C)C3C45CCN4CC=C[C@](CC)(C45)[C@@H](O)[C@]3(O)C(C)=O)C2)C1. The molecular formula is C44H56N4O7. The number of carbonyl (C=O) groups is 2. The number of ketones is 1. The molecule has 4 N–H and O–H groups in total. The molecule has 5 unspecified atom stereocenters. The number of carbonyl (C=O) groups excluding carboxylic acids is 2. The van der Waals surface area contributed by atoms with Crippen LogP contribution in [0.2, 0.25) is 0 Å². The molecule has 6 heterocycles. The predicted octanol–water partition coefficient (Wildman–Crippen LogP) is 3.84. The van der Waals surface area contributed by atoms with Crippen LogP contribution in [0.25, 0.3) is 10.9 Å². The van der Waals surface area contributed by atoms with Crippen LogP contribution in [0.3, 0.4) is 0 Å². The average molecular weight is 753 g/mol. The number of anilines is 1. The summed E-state index contributed by atoms with van der Waals surface area (Å²) in [7, 11) is 4.98. The number of aromatic nitrogens is 1. The normalized spacial score (nSPS) is 39.0. The van der Waals surface area contributed by atoms with Crippen LogP contribution in [0, 0.1) is 11.3 Å². The van der Waals surface area contributed by atoms with Crippen molar-refractivity contribution >= 4 is 28.3 Å². The Morgan fingerprint density at radius 1 is 1.02 bits per heavy atom. The molecule has 11 nitrogen and oxygen atoms in total. The fraction of sp³-hybridized carbons (Fsp3) is 0.591. The third-order valence-corrected chi connectivity index (χ3v) is 15.4. The number of aromatic amines is 1. The topological polar surface area (TPSA) is 139 Å². The second kappa shape index (κ2) is 12.4. The van der Waals surface area contributed by atoms with E-state index < -0.39 is 51.3 Å². The molecule has 1 saturated carbocycles. The largest absolute Gasteiger partial charge is 0.496 e. The molecule has 6 aliphatic rings. The first kappa shape index (κ1) is 36.9. The van der Waals surface area contributed by atoms with E-state index in [9.17, 15) is 20.1 Å². The zero-order valence-electron chi connectivity index (χ0n) is 33.0. The van der Waals surface area contributed by atoms with Crippen molar-refractivity contribution in [3.63, 3.8) is 0 Å². The molecule has 9 rings (SSSR count). The number of piperidine rings is 1. The van der Waals surface area contributed by atoms with Gasteiger partial charge in [-0.2, -0.15) is 0 Å². The highest BCUT2D eigenvalue weighted by Crippen LogP contribution is 2.67. The fourth-order valence-electron chi connectivity index (χ4n) is 13.2. The molecule has 3 fully saturated rings. The van der Waals surface area contributed by atoms with Crippen LogP contribution in [-0.4, -0.2) is 125 Å². The van der Waals surface area contributed by atoms with Gasteiger partial charge < -0.3 is 34.7 Å². The fourth-order valence-corrected chi connectivity index (χ4v) is 13.2. The zero-order chi connectivity index (χ0) is 38.9. The number of rotatable bonds is 6. The summed E-state index contributed by atoms with van der Waals surface area (Å²) >= 11 is 0. The molecule has 2 bridgehead atoms. The molecule has 1 aliphatic carbocycles. The summed E-state index contributed by atoms with van der Waals surface area (Å²) in [5, 5.41) is 38.2. The van der Waals surface area contributed by atoms with E-state index in [0.29, 0.717) is 62.9 Å². The third-order valence-electron chi connectivity index (χ3n) is 15.4. The van der Waals surface area contributed by atoms with E-state index in [-0.39, 0.29) is 12.0 Å². The van der Waals surface area contributed by atoms with Crippen molar-refractivity contribution in [1.82, 2.24) is 14.8 Å². The lowest BCUT2D eigenvalue weighted by Gasteiger charge is -2.63. The quantitative estimate of drug-likeness (QED) is 0.217. The molecule has 3 aromatic rings. The first-order valence-electron chi connectivity index (χ1n) is 20.2. The highest BCUT2D eigenvalue weighted by molar-refractivity contribution is 5.95. The van der Waals surface area contributed by atoms with Crippen molar-refractivity contribution in [2.24, 2.45) is 11.3 Å². The predicted molar refractivity (Wildman–Crippen MR) is 210 cm³/mol. The second-order valence-electron chi connectivity index (χ2n) is 17.7. The Hall–Kier alpha value is -3.74. The van der Waals surface area contributed by atoms with Crippen LogP contribution in [0.5, 0.6) is 5.75 Å². The van der Waals surface area contributed by atoms with Gasteiger partial charge in [0.15, 0.2) is 11.4 Å². The number of fused-ring (bicyclic) bond motifs is 6. The number of aliphatic hydroxyl groups excluding tert-OH is 1. The highest BCUT2D eigenvalue weighted by atomic mass is 16.5. The average Bonchev–Trinajstić information content (AvgIpc) is 3.84. The number of nitrogens with zero attached hydrogens (tertiary/aromatic N) is 3. The van der Waals surface area contributed by atoms with Gasteiger partial charge in [0, 0.05) is 84.0 Å². The van der Waals surface area contributed by atoms with Gasteiger partial charge in [0.05, 0.1) is 25.9 Å².